The van der Waals surface area contributed by atoms with Crippen LogP contribution in [0.2, 0.25) is 5.02 Å². The molecule has 0 saturated carbocycles. The number of nitrogens with zero attached hydrogens (tertiary/aromatic N) is 3. The maximum Gasteiger partial charge on any atom is 0.287 e. The molecule has 0 unspecified atom stereocenters. The standard InChI is InChI=1S/C20H18ClN5O2/c1-10-8-11(2)23-20(22-10)26-19(28)16-17(27)14(12(3)24-18(16)25-26)9-13-6-4-5-7-15(13)21/h4-8H,9H2,1-3H3,(H2,24,25,27). The molecule has 0 aliphatic carbocycles. The summed E-state index contributed by atoms with van der Waals surface area (Å²) in [5, 5.41) is 3.55. The van der Waals surface area contributed by atoms with Crippen LogP contribution in [0.1, 0.15) is 28.2 Å². The summed E-state index contributed by atoms with van der Waals surface area (Å²) in [6.07, 6.45) is 0.335. The third-order valence-corrected chi connectivity index (χ3v) is 5.02. The fourth-order valence-electron chi connectivity index (χ4n) is 3.32. The Bertz CT molecular complexity index is 1310. The van der Waals surface area contributed by atoms with Gasteiger partial charge in [0.1, 0.15) is 11.0 Å². The monoisotopic (exact) mass is 395 g/mol. The van der Waals surface area contributed by atoms with Crippen molar-refractivity contribution in [2.75, 3.05) is 0 Å². The van der Waals surface area contributed by atoms with E-state index in [4.69, 9.17) is 11.6 Å². The largest absolute Gasteiger partial charge is 0.343 e. The second-order valence-corrected chi connectivity index (χ2v) is 7.19. The van der Waals surface area contributed by atoms with Gasteiger partial charge in [0, 0.05) is 34.1 Å². The van der Waals surface area contributed by atoms with Gasteiger partial charge < -0.3 is 4.98 Å². The van der Waals surface area contributed by atoms with Gasteiger partial charge in [0.05, 0.1) is 0 Å². The van der Waals surface area contributed by atoms with Gasteiger partial charge in [0.15, 0.2) is 5.43 Å². The second kappa shape index (κ2) is 6.76. The predicted molar refractivity (Wildman–Crippen MR) is 109 cm³/mol. The summed E-state index contributed by atoms with van der Waals surface area (Å²) >= 11 is 6.24. The van der Waals surface area contributed by atoms with Crippen LogP contribution >= 0.6 is 11.6 Å². The minimum Gasteiger partial charge on any atom is -0.343 e. The molecule has 3 aromatic heterocycles. The van der Waals surface area contributed by atoms with Crippen molar-refractivity contribution in [3.05, 3.63) is 84.1 Å². The lowest BCUT2D eigenvalue weighted by Crippen LogP contribution is -2.22. The lowest BCUT2D eigenvalue weighted by atomic mass is 10.0. The molecule has 4 rings (SSSR count). The fraction of sp³-hybridized carbons (Fsp3) is 0.200. The highest BCUT2D eigenvalue weighted by atomic mass is 35.5. The molecular weight excluding hydrogens is 378 g/mol. The average Bonchev–Trinajstić information content (AvgIpc) is 2.95. The van der Waals surface area contributed by atoms with E-state index in [0.29, 0.717) is 28.3 Å². The number of aromatic nitrogens is 5. The highest BCUT2D eigenvalue weighted by Gasteiger charge is 2.19. The molecule has 2 N–H and O–H groups in total. The first-order valence-corrected chi connectivity index (χ1v) is 9.15. The van der Waals surface area contributed by atoms with Crippen molar-refractivity contribution in [1.82, 2.24) is 24.7 Å². The van der Waals surface area contributed by atoms with Crippen molar-refractivity contribution < 1.29 is 0 Å². The van der Waals surface area contributed by atoms with Gasteiger partial charge in [-0.1, -0.05) is 29.8 Å². The molecule has 0 atom stereocenters. The normalized spacial score (nSPS) is 11.3. The van der Waals surface area contributed by atoms with Crippen LogP contribution in [0.15, 0.2) is 39.9 Å². The minimum absolute atomic E-state index is 0.0513. The van der Waals surface area contributed by atoms with Gasteiger partial charge >= 0.3 is 0 Å². The van der Waals surface area contributed by atoms with Crippen LogP contribution in [0.25, 0.3) is 17.0 Å². The highest BCUT2D eigenvalue weighted by molar-refractivity contribution is 6.31. The number of fused-ring (bicyclic) bond motifs is 1. The summed E-state index contributed by atoms with van der Waals surface area (Å²) in [7, 11) is 0. The van der Waals surface area contributed by atoms with Crippen molar-refractivity contribution >= 4 is 22.6 Å². The van der Waals surface area contributed by atoms with E-state index in [9.17, 15) is 9.59 Å². The summed E-state index contributed by atoms with van der Waals surface area (Å²) in [6, 6.07) is 9.16. The van der Waals surface area contributed by atoms with Gasteiger partial charge in [0.25, 0.3) is 11.5 Å². The first kappa shape index (κ1) is 18.2. The number of H-pyrrole nitrogens is 2. The predicted octanol–water partition coefficient (Wildman–Crippen LogP) is 2.97. The Kier molecular flexibility index (Phi) is 4.39. The van der Waals surface area contributed by atoms with Crippen molar-refractivity contribution in [2.24, 2.45) is 0 Å². The van der Waals surface area contributed by atoms with E-state index in [2.05, 4.69) is 20.1 Å². The molecule has 142 valence electrons. The van der Waals surface area contributed by atoms with Crippen LogP contribution in [0.3, 0.4) is 0 Å². The molecule has 28 heavy (non-hydrogen) atoms. The Morgan fingerprint density at radius 3 is 2.43 bits per heavy atom. The Hall–Kier alpha value is -3.19. The number of aryl methyl sites for hydroxylation is 3. The quantitative estimate of drug-likeness (QED) is 0.557. The van der Waals surface area contributed by atoms with Gasteiger partial charge in [-0.3, -0.25) is 14.7 Å². The SMILES string of the molecule is Cc1cc(C)nc(-n2[nH]c3[nH]c(C)c(Cc4ccccc4Cl)c(=O)c3c2=O)n1. The second-order valence-electron chi connectivity index (χ2n) is 6.78. The third-order valence-electron chi connectivity index (χ3n) is 4.65. The number of rotatable bonds is 3. The number of hydrogen-bond donors (Lipinski definition) is 2. The topological polar surface area (TPSA) is 96.4 Å². The molecule has 0 radical (unpaired) electrons. The van der Waals surface area contributed by atoms with Gasteiger partial charge in [-0.15, -0.1) is 0 Å². The lowest BCUT2D eigenvalue weighted by Gasteiger charge is -2.07. The van der Waals surface area contributed by atoms with Crippen LogP contribution in [0.5, 0.6) is 0 Å². The van der Waals surface area contributed by atoms with Crippen LogP contribution in [-0.4, -0.2) is 24.7 Å². The van der Waals surface area contributed by atoms with Gasteiger partial charge in [-0.2, -0.15) is 4.68 Å². The molecule has 0 aliphatic heterocycles. The number of aromatic amines is 2. The zero-order chi connectivity index (χ0) is 20.0. The van der Waals surface area contributed by atoms with Crippen LogP contribution in [-0.2, 0) is 6.42 Å². The molecule has 0 aliphatic rings. The summed E-state index contributed by atoms with van der Waals surface area (Å²) in [4.78, 5) is 37.8. The van der Waals surface area contributed by atoms with E-state index in [-0.39, 0.29) is 16.8 Å². The Morgan fingerprint density at radius 1 is 1.07 bits per heavy atom. The van der Waals surface area contributed by atoms with Crippen molar-refractivity contribution in [2.45, 2.75) is 27.2 Å². The highest BCUT2D eigenvalue weighted by Crippen LogP contribution is 2.19. The molecule has 0 saturated heterocycles. The molecule has 4 aromatic rings. The van der Waals surface area contributed by atoms with Crippen molar-refractivity contribution in [3.8, 4) is 5.95 Å². The lowest BCUT2D eigenvalue weighted by molar-refractivity contribution is 0.777. The van der Waals surface area contributed by atoms with Crippen molar-refractivity contribution in [1.29, 1.82) is 0 Å². The molecule has 3 heterocycles. The number of benzene rings is 1. The summed E-state index contributed by atoms with van der Waals surface area (Å²) in [6.45, 7) is 5.45. The summed E-state index contributed by atoms with van der Waals surface area (Å²) in [5.74, 6) is 0.205. The third kappa shape index (κ3) is 3.03. The van der Waals surface area contributed by atoms with Crippen LogP contribution in [0, 0.1) is 20.8 Å². The van der Waals surface area contributed by atoms with Gasteiger partial charge in [-0.25, -0.2) is 9.97 Å². The fourth-order valence-corrected chi connectivity index (χ4v) is 3.52. The average molecular weight is 396 g/mol. The molecule has 0 bridgehead atoms. The zero-order valence-electron chi connectivity index (χ0n) is 15.6. The molecule has 0 amide bonds. The number of nitrogens with one attached hydrogen (secondary N) is 2. The number of hydrogen-bond acceptors (Lipinski definition) is 4. The molecule has 0 spiro atoms. The summed E-state index contributed by atoms with van der Waals surface area (Å²) in [5.41, 5.74) is 3.00. The Labute approximate surface area is 165 Å². The van der Waals surface area contributed by atoms with E-state index < -0.39 is 5.56 Å². The van der Waals surface area contributed by atoms with E-state index in [1.54, 1.807) is 13.0 Å². The zero-order valence-corrected chi connectivity index (χ0v) is 16.4. The number of halogens is 1. The minimum atomic E-state index is -0.485. The maximum atomic E-state index is 13.1. The number of pyridine rings is 1. The first-order chi connectivity index (χ1) is 13.3. The first-order valence-electron chi connectivity index (χ1n) is 8.77. The van der Waals surface area contributed by atoms with E-state index in [0.717, 1.165) is 17.0 Å². The molecule has 0 fully saturated rings. The Morgan fingerprint density at radius 2 is 1.75 bits per heavy atom. The van der Waals surface area contributed by atoms with E-state index in [1.165, 1.54) is 4.68 Å². The summed E-state index contributed by atoms with van der Waals surface area (Å²) < 4.78 is 1.20. The Balaban J connectivity index is 1.92. The van der Waals surface area contributed by atoms with Crippen molar-refractivity contribution in [3.63, 3.8) is 0 Å². The molecule has 1 aromatic carbocycles. The molecular formula is C20H18ClN5O2. The molecule has 7 nitrogen and oxygen atoms in total. The van der Waals surface area contributed by atoms with Crippen LogP contribution in [0.4, 0.5) is 0 Å². The maximum absolute atomic E-state index is 13.1. The van der Waals surface area contributed by atoms with Gasteiger partial charge in [0.2, 0.25) is 0 Å². The molecule has 8 heteroatoms. The van der Waals surface area contributed by atoms with E-state index >= 15 is 0 Å². The smallest absolute Gasteiger partial charge is 0.287 e. The van der Waals surface area contributed by atoms with Gasteiger partial charge in [-0.05, 0) is 38.5 Å². The van der Waals surface area contributed by atoms with E-state index in [1.807, 2.05) is 38.1 Å². The van der Waals surface area contributed by atoms with Crippen LogP contribution < -0.4 is 11.0 Å².